The summed E-state index contributed by atoms with van der Waals surface area (Å²) in [5, 5.41) is 20.8. The number of alkyl halides is 1. The van der Waals surface area contributed by atoms with Crippen molar-refractivity contribution in [2.24, 2.45) is 0 Å². The van der Waals surface area contributed by atoms with Gasteiger partial charge in [0, 0.05) is 10.9 Å². The molecule has 0 saturated carbocycles. The van der Waals surface area contributed by atoms with Crippen LogP contribution in [0.2, 0.25) is 0 Å². The van der Waals surface area contributed by atoms with Crippen LogP contribution in [-0.4, -0.2) is 15.5 Å². The van der Waals surface area contributed by atoms with E-state index in [1.165, 1.54) is 12.8 Å². The molecule has 0 aliphatic rings. The van der Waals surface area contributed by atoms with Gasteiger partial charge in [-0.15, -0.1) is 0 Å². The van der Waals surface area contributed by atoms with Gasteiger partial charge in [-0.3, -0.25) is 0 Å². The molecule has 1 rings (SSSR count). The minimum Gasteiger partial charge on any atom is -0.508 e. The van der Waals surface area contributed by atoms with Crippen LogP contribution in [-0.2, 0) is 0 Å². The Kier molecular flexibility index (Phi) is 6.27. The van der Waals surface area contributed by atoms with Gasteiger partial charge < -0.3 is 10.2 Å². The van der Waals surface area contributed by atoms with Gasteiger partial charge in [-0.1, -0.05) is 34.5 Å². The van der Waals surface area contributed by atoms with E-state index in [1.807, 2.05) is 13.0 Å². The highest BCUT2D eigenvalue weighted by molar-refractivity contribution is 9.09. The summed E-state index contributed by atoms with van der Waals surface area (Å²) >= 11 is 3.41. The van der Waals surface area contributed by atoms with E-state index in [2.05, 4.69) is 22.0 Å². The fourth-order valence-electron chi connectivity index (χ4n) is 1.78. The molecule has 2 N–H and O–H groups in total. The maximum atomic E-state index is 9.98. The van der Waals surface area contributed by atoms with Gasteiger partial charge in [-0.05, 0) is 50.3 Å². The number of phenolic OH excluding ortho intramolecular Hbond substituents is 2. The zero-order valence-electron chi connectivity index (χ0n) is 11.0. The number of phenols is 2. The van der Waals surface area contributed by atoms with Crippen molar-refractivity contribution in [3.8, 4) is 11.5 Å². The molecule has 0 fully saturated rings. The largest absolute Gasteiger partial charge is 0.508 e. The predicted octanol–water partition coefficient (Wildman–Crippen LogP) is 4.68. The lowest BCUT2D eigenvalue weighted by Gasteiger charge is -2.08. The van der Waals surface area contributed by atoms with E-state index < -0.39 is 0 Å². The summed E-state index contributed by atoms with van der Waals surface area (Å²) in [6, 6.07) is 1.62. The molecule has 0 saturated heterocycles. The number of unbranched alkanes of at least 4 members (excludes halogenated alkanes) is 3. The van der Waals surface area contributed by atoms with Crippen molar-refractivity contribution in [2.45, 2.75) is 39.5 Å². The highest BCUT2D eigenvalue weighted by Gasteiger charge is 2.08. The third kappa shape index (κ3) is 4.05. The van der Waals surface area contributed by atoms with E-state index in [1.54, 1.807) is 13.0 Å². The summed E-state index contributed by atoms with van der Waals surface area (Å²) in [7, 11) is 0. The number of allylic oxidation sites excluding steroid dienone is 1. The van der Waals surface area contributed by atoms with E-state index in [9.17, 15) is 10.2 Å². The van der Waals surface area contributed by atoms with E-state index in [0.29, 0.717) is 5.56 Å². The summed E-state index contributed by atoms with van der Waals surface area (Å²) in [6.45, 7) is 3.62. The second-order valence-electron chi connectivity index (χ2n) is 4.52. The minimum absolute atomic E-state index is 0.240. The Morgan fingerprint density at radius 2 is 1.83 bits per heavy atom. The first-order valence-electron chi connectivity index (χ1n) is 6.32. The van der Waals surface area contributed by atoms with Gasteiger partial charge in [0.15, 0.2) is 0 Å². The second kappa shape index (κ2) is 7.47. The zero-order chi connectivity index (χ0) is 13.5. The van der Waals surface area contributed by atoms with Crippen molar-refractivity contribution >= 4 is 22.0 Å². The Labute approximate surface area is 117 Å². The maximum absolute atomic E-state index is 9.98. The first kappa shape index (κ1) is 15.1. The fourth-order valence-corrected chi connectivity index (χ4v) is 2.18. The number of halogens is 1. The van der Waals surface area contributed by atoms with Crippen molar-refractivity contribution < 1.29 is 10.2 Å². The van der Waals surface area contributed by atoms with E-state index in [0.717, 1.165) is 29.3 Å². The van der Waals surface area contributed by atoms with Crippen LogP contribution in [0, 0.1) is 13.8 Å². The number of hydrogen-bond donors (Lipinski definition) is 2. The Morgan fingerprint density at radius 3 is 2.50 bits per heavy atom. The zero-order valence-corrected chi connectivity index (χ0v) is 12.6. The first-order valence-corrected chi connectivity index (χ1v) is 7.44. The average Bonchev–Trinajstić information content (AvgIpc) is 2.37. The summed E-state index contributed by atoms with van der Waals surface area (Å²) in [4.78, 5) is 0. The molecule has 1 aromatic carbocycles. The quantitative estimate of drug-likeness (QED) is 0.455. The van der Waals surface area contributed by atoms with Crippen molar-refractivity contribution in [3.63, 3.8) is 0 Å². The smallest absolute Gasteiger partial charge is 0.126 e. The van der Waals surface area contributed by atoms with Crippen molar-refractivity contribution in [1.29, 1.82) is 0 Å². The van der Waals surface area contributed by atoms with E-state index in [4.69, 9.17) is 0 Å². The van der Waals surface area contributed by atoms with E-state index in [-0.39, 0.29) is 11.5 Å². The van der Waals surface area contributed by atoms with Gasteiger partial charge in [-0.2, -0.15) is 0 Å². The van der Waals surface area contributed by atoms with Gasteiger partial charge >= 0.3 is 0 Å². The van der Waals surface area contributed by atoms with Crippen LogP contribution in [0.3, 0.4) is 0 Å². The summed E-state index contributed by atoms with van der Waals surface area (Å²) in [5.74, 6) is 0.506. The monoisotopic (exact) mass is 312 g/mol. The standard InChI is InChI=1S/C15H21BrO2/c1-11-12(2)15(18)13(10-14(11)17)8-6-4-3-5-7-9-16/h6,8,10,17-18H,3-5,7,9H2,1-2H3/b8-6+. The SMILES string of the molecule is Cc1c(O)cc(/C=C/CCCCCBr)c(O)c1C. The molecule has 3 heteroatoms. The highest BCUT2D eigenvalue weighted by Crippen LogP contribution is 2.32. The first-order chi connectivity index (χ1) is 8.57. The molecule has 100 valence electrons. The number of aromatic hydroxyl groups is 2. The summed E-state index contributed by atoms with van der Waals surface area (Å²) < 4.78 is 0. The van der Waals surface area contributed by atoms with Gasteiger partial charge in [0.1, 0.15) is 11.5 Å². The van der Waals surface area contributed by atoms with Crippen LogP contribution in [0.4, 0.5) is 0 Å². The second-order valence-corrected chi connectivity index (χ2v) is 5.32. The highest BCUT2D eigenvalue weighted by atomic mass is 79.9. The summed E-state index contributed by atoms with van der Waals surface area (Å²) in [5.41, 5.74) is 2.17. The lowest BCUT2D eigenvalue weighted by Crippen LogP contribution is -1.86. The normalized spacial score (nSPS) is 11.3. The number of benzene rings is 1. The molecule has 0 amide bonds. The van der Waals surface area contributed by atoms with Gasteiger partial charge in [-0.25, -0.2) is 0 Å². The molecular formula is C15H21BrO2. The van der Waals surface area contributed by atoms with Crippen molar-refractivity contribution in [2.75, 3.05) is 5.33 Å². The lowest BCUT2D eigenvalue weighted by atomic mass is 10.0. The van der Waals surface area contributed by atoms with Crippen molar-refractivity contribution in [1.82, 2.24) is 0 Å². The molecule has 1 aromatic rings. The minimum atomic E-state index is 0.240. The average molecular weight is 313 g/mol. The Morgan fingerprint density at radius 1 is 1.11 bits per heavy atom. The molecule has 0 bridgehead atoms. The molecule has 0 unspecified atom stereocenters. The maximum Gasteiger partial charge on any atom is 0.126 e. The third-order valence-electron chi connectivity index (χ3n) is 3.17. The summed E-state index contributed by atoms with van der Waals surface area (Å²) in [6.07, 6.45) is 8.50. The van der Waals surface area contributed by atoms with Crippen LogP contribution in [0.15, 0.2) is 12.1 Å². The Balaban J connectivity index is 2.65. The molecule has 0 aromatic heterocycles. The molecule has 0 atom stereocenters. The Bertz CT molecular complexity index is 425. The topological polar surface area (TPSA) is 40.5 Å². The molecule has 2 nitrogen and oxygen atoms in total. The molecule has 0 heterocycles. The van der Waals surface area contributed by atoms with Crippen LogP contribution in [0.5, 0.6) is 11.5 Å². The van der Waals surface area contributed by atoms with E-state index >= 15 is 0 Å². The van der Waals surface area contributed by atoms with Crippen LogP contribution < -0.4 is 0 Å². The molecule has 0 radical (unpaired) electrons. The molecular weight excluding hydrogens is 292 g/mol. The third-order valence-corrected chi connectivity index (χ3v) is 3.73. The predicted molar refractivity (Wildman–Crippen MR) is 80.5 cm³/mol. The van der Waals surface area contributed by atoms with Crippen LogP contribution in [0.25, 0.3) is 6.08 Å². The molecule has 0 spiro atoms. The molecule has 0 aliphatic heterocycles. The lowest BCUT2D eigenvalue weighted by molar-refractivity contribution is 0.452. The number of hydrogen-bond acceptors (Lipinski definition) is 2. The van der Waals surface area contributed by atoms with Gasteiger partial charge in [0.25, 0.3) is 0 Å². The van der Waals surface area contributed by atoms with Crippen LogP contribution in [0.1, 0.15) is 42.4 Å². The molecule has 18 heavy (non-hydrogen) atoms. The number of rotatable bonds is 6. The van der Waals surface area contributed by atoms with Crippen molar-refractivity contribution in [3.05, 3.63) is 28.8 Å². The fraction of sp³-hybridized carbons (Fsp3) is 0.467. The van der Waals surface area contributed by atoms with Gasteiger partial charge in [0.2, 0.25) is 0 Å². The Hall–Kier alpha value is -0.960. The molecule has 0 aliphatic carbocycles. The van der Waals surface area contributed by atoms with Crippen LogP contribution >= 0.6 is 15.9 Å². The van der Waals surface area contributed by atoms with Gasteiger partial charge in [0.05, 0.1) is 0 Å².